The molecule has 31 heavy (non-hydrogen) atoms. The molecule has 0 bridgehead atoms. The summed E-state index contributed by atoms with van der Waals surface area (Å²) in [7, 11) is -3.64. The predicted molar refractivity (Wildman–Crippen MR) is 118 cm³/mol. The maximum Gasteiger partial charge on any atom is 0.244 e. The highest BCUT2D eigenvalue weighted by Crippen LogP contribution is 2.41. The number of piperazine rings is 1. The van der Waals surface area contributed by atoms with E-state index in [-0.39, 0.29) is 23.9 Å². The molecule has 0 N–H and O–H groups in total. The molecule has 0 aliphatic carbocycles. The smallest absolute Gasteiger partial charge is 0.244 e. The van der Waals surface area contributed by atoms with Crippen LogP contribution >= 0.6 is 23.2 Å². The van der Waals surface area contributed by atoms with Crippen LogP contribution in [0.1, 0.15) is 18.4 Å². The van der Waals surface area contributed by atoms with Crippen molar-refractivity contribution in [3.05, 3.63) is 58.3 Å². The van der Waals surface area contributed by atoms with Crippen molar-refractivity contribution in [1.82, 2.24) is 14.2 Å². The summed E-state index contributed by atoms with van der Waals surface area (Å²) < 4.78 is 32.7. The van der Waals surface area contributed by atoms with Crippen molar-refractivity contribution < 1.29 is 17.9 Å². The first kappa shape index (κ1) is 22.5. The Morgan fingerprint density at radius 1 is 1.06 bits per heavy atom. The van der Waals surface area contributed by atoms with Gasteiger partial charge in [-0.3, -0.25) is 9.78 Å². The molecule has 0 radical (unpaired) electrons. The molecule has 2 saturated heterocycles. The van der Waals surface area contributed by atoms with Crippen LogP contribution in [-0.2, 0) is 25.0 Å². The monoisotopic (exact) mass is 483 g/mol. The first-order chi connectivity index (χ1) is 14.8. The molecule has 166 valence electrons. The third-order valence-corrected chi connectivity index (χ3v) is 8.43. The van der Waals surface area contributed by atoms with Crippen molar-refractivity contribution in [3.63, 3.8) is 0 Å². The third-order valence-electron chi connectivity index (χ3n) is 6.00. The zero-order valence-corrected chi connectivity index (χ0v) is 19.2. The fourth-order valence-electron chi connectivity index (χ4n) is 4.28. The highest BCUT2D eigenvalue weighted by atomic mass is 35.5. The van der Waals surface area contributed by atoms with Gasteiger partial charge in [0.25, 0.3) is 0 Å². The Balaban J connectivity index is 1.55. The van der Waals surface area contributed by atoms with E-state index in [1.54, 1.807) is 23.1 Å². The predicted octanol–water partition coefficient (Wildman–Crippen LogP) is 2.97. The zero-order valence-electron chi connectivity index (χ0n) is 16.8. The number of hydrogen-bond acceptors (Lipinski definition) is 5. The molecular weight excluding hydrogens is 461 g/mol. The van der Waals surface area contributed by atoms with Gasteiger partial charge in [0.1, 0.15) is 4.90 Å². The lowest BCUT2D eigenvalue weighted by molar-refractivity contribution is -0.142. The van der Waals surface area contributed by atoms with Crippen molar-refractivity contribution >= 4 is 39.1 Å². The quantitative estimate of drug-likeness (QED) is 0.667. The third kappa shape index (κ3) is 4.32. The molecule has 2 fully saturated rings. The van der Waals surface area contributed by atoms with Crippen molar-refractivity contribution in [2.45, 2.75) is 23.2 Å². The number of halogens is 2. The summed E-state index contributed by atoms with van der Waals surface area (Å²) in [5, 5.41) is 0.971. The molecule has 0 unspecified atom stereocenters. The van der Waals surface area contributed by atoms with Gasteiger partial charge < -0.3 is 9.64 Å². The number of sulfonamides is 1. The minimum Gasteiger partial charge on any atom is -0.381 e. The van der Waals surface area contributed by atoms with E-state index in [4.69, 9.17) is 27.9 Å². The van der Waals surface area contributed by atoms with E-state index in [0.29, 0.717) is 49.2 Å². The van der Waals surface area contributed by atoms with E-state index in [0.717, 1.165) is 5.56 Å². The number of pyridine rings is 1. The highest BCUT2D eigenvalue weighted by Gasteiger charge is 2.46. The second-order valence-electron chi connectivity index (χ2n) is 7.70. The number of carbonyl (C=O) groups excluding carboxylic acids is 1. The summed E-state index contributed by atoms with van der Waals surface area (Å²) >= 11 is 12.6. The number of rotatable bonds is 4. The Morgan fingerprint density at radius 3 is 2.39 bits per heavy atom. The van der Waals surface area contributed by atoms with Crippen LogP contribution in [0.3, 0.4) is 0 Å². The highest BCUT2D eigenvalue weighted by molar-refractivity contribution is 7.89. The summed E-state index contributed by atoms with van der Waals surface area (Å²) in [5.41, 5.74) is -0.0538. The van der Waals surface area contributed by atoms with Gasteiger partial charge >= 0.3 is 0 Å². The van der Waals surface area contributed by atoms with E-state index in [1.807, 2.05) is 6.07 Å². The van der Waals surface area contributed by atoms with Gasteiger partial charge in [-0.15, -0.1) is 0 Å². The van der Waals surface area contributed by atoms with Crippen LogP contribution in [0, 0.1) is 0 Å². The van der Waals surface area contributed by atoms with Gasteiger partial charge in [0.05, 0.1) is 5.41 Å². The van der Waals surface area contributed by atoms with Crippen LogP contribution in [0.2, 0.25) is 10.0 Å². The minimum absolute atomic E-state index is 0.0431. The van der Waals surface area contributed by atoms with Gasteiger partial charge in [-0.2, -0.15) is 4.31 Å². The van der Waals surface area contributed by atoms with Crippen molar-refractivity contribution in [2.24, 2.45) is 0 Å². The average Bonchev–Trinajstić information content (AvgIpc) is 2.79. The van der Waals surface area contributed by atoms with Crippen LogP contribution in [0.25, 0.3) is 0 Å². The second kappa shape index (κ2) is 9.03. The van der Waals surface area contributed by atoms with Gasteiger partial charge in [-0.25, -0.2) is 8.42 Å². The molecule has 0 spiro atoms. The van der Waals surface area contributed by atoms with Gasteiger partial charge in [0, 0.05) is 61.8 Å². The number of ether oxygens (including phenoxy) is 1. The molecular formula is C21H23Cl2N3O4S. The van der Waals surface area contributed by atoms with Crippen molar-refractivity contribution in [2.75, 3.05) is 39.4 Å². The van der Waals surface area contributed by atoms with E-state index >= 15 is 0 Å². The number of carbonyl (C=O) groups is 1. The molecule has 2 aliphatic rings. The summed E-state index contributed by atoms with van der Waals surface area (Å²) in [6.45, 7) is 1.99. The number of amides is 1. The van der Waals surface area contributed by atoms with E-state index in [1.165, 1.54) is 22.8 Å². The van der Waals surface area contributed by atoms with E-state index < -0.39 is 15.4 Å². The van der Waals surface area contributed by atoms with Crippen LogP contribution < -0.4 is 0 Å². The molecule has 2 aliphatic heterocycles. The number of aromatic nitrogens is 1. The van der Waals surface area contributed by atoms with Crippen LogP contribution in [-0.4, -0.2) is 67.9 Å². The molecule has 4 rings (SSSR count). The molecule has 0 atom stereocenters. The Hall–Kier alpha value is -1.71. The molecule has 7 nitrogen and oxygen atoms in total. The normalized spacial score (nSPS) is 19.9. The molecule has 1 amide bonds. The van der Waals surface area contributed by atoms with Gasteiger partial charge in [-0.1, -0.05) is 29.3 Å². The van der Waals surface area contributed by atoms with Crippen LogP contribution in [0.15, 0.2) is 47.6 Å². The average molecular weight is 484 g/mol. The largest absolute Gasteiger partial charge is 0.381 e. The summed E-state index contributed by atoms with van der Waals surface area (Å²) in [4.78, 5) is 19.5. The van der Waals surface area contributed by atoms with Crippen LogP contribution in [0.5, 0.6) is 0 Å². The molecule has 3 heterocycles. The molecule has 10 heteroatoms. The summed E-state index contributed by atoms with van der Waals surface area (Å²) in [5.74, 6) is -0.0431. The molecule has 1 aromatic carbocycles. The SMILES string of the molecule is O=C(N1CCN(S(=O)(=O)c2cccnc2)CC1)C1(c2ccc(Cl)cc2Cl)CCOCC1. The lowest BCUT2D eigenvalue weighted by Crippen LogP contribution is -2.56. The standard InChI is InChI=1S/C21H23Cl2N3O4S/c22-16-3-4-18(19(23)14-16)21(5-12-30-13-6-21)20(27)25-8-10-26(11-9-25)31(28,29)17-2-1-7-24-15-17/h1-4,7,14-15H,5-6,8-13H2. The molecule has 2 aromatic rings. The van der Waals surface area contributed by atoms with Gasteiger partial charge in [0.15, 0.2) is 0 Å². The van der Waals surface area contributed by atoms with Gasteiger partial charge in [0.2, 0.25) is 15.9 Å². The topological polar surface area (TPSA) is 79.8 Å². The van der Waals surface area contributed by atoms with Crippen LogP contribution in [0.4, 0.5) is 0 Å². The number of benzene rings is 1. The molecule has 1 aromatic heterocycles. The fraction of sp³-hybridized carbons (Fsp3) is 0.429. The summed E-state index contributed by atoms with van der Waals surface area (Å²) in [6.07, 6.45) is 3.90. The second-order valence-corrected chi connectivity index (χ2v) is 10.5. The zero-order chi connectivity index (χ0) is 22.1. The van der Waals surface area contributed by atoms with E-state index in [9.17, 15) is 13.2 Å². The van der Waals surface area contributed by atoms with E-state index in [2.05, 4.69) is 4.98 Å². The summed E-state index contributed by atoms with van der Waals surface area (Å²) in [6, 6.07) is 8.33. The lowest BCUT2D eigenvalue weighted by Gasteiger charge is -2.43. The first-order valence-electron chi connectivity index (χ1n) is 10.1. The maximum atomic E-state index is 13.7. The number of nitrogens with zero attached hydrogens (tertiary/aromatic N) is 3. The Labute approximate surface area is 192 Å². The fourth-order valence-corrected chi connectivity index (χ4v) is 6.25. The Morgan fingerprint density at radius 2 is 1.77 bits per heavy atom. The first-order valence-corrected chi connectivity index (χ1v) is 12.3. The Kier molecular flexibility index (Phi) is 6.55. The molecule has 0 saturated carbocycles. The van der Waals surface area contributed by atoms with Crippen molar-refractivity contribution in [1.29, 1.82) is 0 Å². The number of hydrogen-bond donors (Lipinski definition) is 0. The van der Waals surface area contributed by atoms with Crippen molar-refractivity contribution in [3.8, 4) is 0 Å². The minimum atomic E-state index is -3.64. The maximum absolute atomic E-state index is 13.7. The Bertz CT molecular complexity index is 1050. The van der Waals surface area contributed by atoms with Gasteiger partial charge in [-0.05, 0) is 42.7 Å². The lowest BCUT2D eigenvalue weighted by atomic mass is 9.72.